The number of hydrogen-bond donors (Lipinski definition) is 39. The van der Waals surface area contributed by atoms with Gasteiger partial charge in [-0.15, -0.1) is 0 Å². The molecule has 10 saturated heterocycles. The van der Waals surface area contributed by atoms with Crippen LogP contribution in [0.25, 0.3) is 0 Å². The van der Waals surface area contributed by atoms with E-state index in [0.717, 1.165) is 0 Å². The van der Waals surface area contributed by atoms with E-state index in [1.807, 2.05) is 0 Å². The minimum absolute atomic E-state index is 1.12. The molecule has 0 saturated carbocycles. The van der Waals surface area contributed by atoms with Gasteiger partial charge >= 0.3 is 27.6 Å². The Morgan fingerprint density at radius 3 is 1.11 bits per heavy atom. The van der Waals surface area contributed by atoms with Gasteiger partial charge in [0.05, 0.1) is 78.3 Å². The summed E-state index contributed by atoms with van der Waals surface area (Å²) >= 11 is 0. The summed E-state index contributed by atoms with van der Waals surface area (Å²) in [5, 5.41) is 388. The van der Waals surface area contributed by atoms with Crippen LogP contribution < -0.4 is 0 Å². The molecule has 133 heavy (non-hydrogen) atoms. The fourth-order valence-electron chi connectivity index (χ4n) is 16.4. The number of phosphoric acid groups is 2. The van der Waals surface area contributed by atoms with Crippen molar-refractivity contribution in [3.8, 4) is 0 Å². The van der Waals surface area contributed by atoms with Crippen LogP contribution in [0.1, 0.15) is 12.8 Å². The Labute approximate surface area is 745 Å². The van der Waals surface area contributed by atoms with E-state index >= 15 is 0 Å². The van der Waals surface area contributed by atoms with Crippen LogP contribution in [0.15, 0.2) is 0 Å². The molecule has 0 bridgehead atoms. The molecule has 10 rings (SSSR count). The van der Waals surface area contributed by atoms with Crippen LogP contribution in [0.3, 0.4) is 0 Å². The number of carboxylic acids is 2. The van der Waals surface area contributed by atoms with Gasteiger partial charge in [0, 0.05) is 12.8 Å². The number of phosphoric ester groups is 2. The van der Waals surface area contributed by atoms with Gasteiger partial charge in [-0.25, -0.2) is 18.7 Å². The number of carbonyl (C=O) groups is 2. The van der Waals surface area contributed by atoms with Gasteiger partial charge in [-0.3, -0.25) is 9.05 Å². The number of aliphatic hydroxyl groups excluding tert-OH is 32. The standard InChI is InChI=1S/C67H114O64P2/c68-3-14(78)42-34(92)32(90)35(93)56(117-42)111-12-18(82)45-55(131-133(108,109)110)51(41(99)61(119-45)124-50-40(98)60(118-44(16(80)5-70)54(50)130-132(105,106)107)121-48-19(2-66(104,64(100)101)128-46(48)17(81)6-71)127-67(65(102)103)1-13(77)25(83)43(129-67)15(79)4-69)123-59-39(97)49(29(87)23(10-75)114-59)122-63-53(38(96)47(24(11-76)116-63)120-57-36(94)30(88)26(84)20(7-72)112-57)126-62-52(33(91)28(86)22(9-74)115-62)125-58-37(95)31(89)27(85)21(8-73)113-58/h13-63,68-99,104H,1-12H2,(H,100,101)(H,102,103)(H2,105,106,107)(H2,108,109,110)/t13-,14+,15-,16+,17-,18+,19-,20-,21-,22-,23-,24-,25-,26+,27+,28+,29-,30+,31+,32+,33+,34+,35+,36-,37-,38+,39-,40+,41+,42-,43-,44-,45-,46-,47-,48-,49+,50-,51-,52-,53-,54-,55-,56+,57-,58-,59-,60-,61-,62-,63-,66-,67-/m1/s1. The van der Waals surface area contributed by atoms with E-state index in [2.05, 4.69) is 0 Å². The maximum Gasteiger partial charge on any atom is 0.470 e. The second kappa shape index (κ2) is 46.6. The lowest BCUT2D eigenvalue weighted by molar-refractivity contribution is -0.416. The Balaban J connectivity index is 1.08. The number of aliphatic hydroxyl groups is 33. The molecule has 0 aromatic heterocycles. The normalized spacial score (nSPS) is 48.2. The molecule has 0 aromatic carbocycles. The highest BCUT2D eigenvalue weighted by Crippen LogP contribution is 2.50. The van der Waals surface area contributed by atoms with Crippen molar-refractivity contribution in [1.29, 1.82) is 0 Å². The van der Waals surface area contributed by atoms with Gasteiger partial charge in [-0.2, -0.15) is 0 Å². The molecule has 10 aliphatic rings. The third-order valence-corrected chi connectivity index (χ3v) is 24.6. The van der Waals surface area contributed by atoms with E-state index in [0.29, 0.717) is 0 Å². The van der Waals surface area contributed by atoms with E-state index < -0.39 is 431 Å². The van der Waals surface area contributed by atoms with Crippen LogP contribution in [-0.4, -0.2) is 601 Å². The van der Waals surface area contributed by atoms with Crippen molar-refractivity contribution in [2.24, 2.45) is 0 Å². The van der Waals surface area contributed by atoms with Gasteiger partial charge < -0.3 is 288 Å². The Morgan fingerprint density at radius 2 is 0.654 bits per heavy atom. The van der Waals surface area contributed by atoms with E-state index in [-0.39, 0.29) is 0 Å². The van der Waals surface area contributed by atoms with Crippen molar-refractivity contribution in [3.05, 3.63) is 0 Å². The van der Waals surface area contributed by atoms with E-state index in [1.54, 1.807) is 0 Å². The SMILES string of the molecule is O=C(O)[C@@]1(O[C@@H]2C[C@](O)(C(=O)O)O[C@H]([C@H](O)CO)[C@@H]2O[C@H]2O[C@H]([C@@H](O)CO)[C@@H](OP(=O)(O)O)[C@H](O[C@H]3O[C@H]([C@@H](O)CO[C@H]4O[C@H]([C@@H](O)CO)[C@@H](O)[C@H](O)[C@@H]4O)[C@@H](OP(=O)(O)O)[C@H](O[C@H]4O[C@H](CO)[C@@H](O)[C@H](O[C@H]5O[C@H](CO)[C@@H](O[C@H]6O[C@H](CO)[C@H](O)[C@H](O)[C@H]6O)[C@H](O)[C@H]5O[C@H]5O[C@H](CO)[C@H](O)[C@H](O)[C@H]5O[C@H]5O[C@H](CO)[C@H](O)[C@H](O)[C@H]5O)[C@H]4O)[C@@H]3O)[C@@H]2O)C[C@@H](O)[C@@H](O)[C@@H]([C@H](O)CO)O1. The first-order valence-corrected chi connectivity index (χ1v) is 43.6. The first-order valence-electron chi connectivity index (χ1n) is 40.6. The number of rotatable bonds is 39. The largest absolute Gasteiger partial charge is 0.477 e. The van der Waals surface area contributed by atoms with Gasteiger partial charge in [0.25, 0.3) is 11.6 Å². The smallest absolute Gasteiger partial charge is 0.470 e. The maximum atomic E-state index is 13.4. The third kappa shape index (κ3) is 24.6. The zero-order valence-electron chi connectivity index (χ0n) is 68.5. The van der Waals surface area contributed by atoms with Crippen molar-refractivity contribution in [3.63, 3.8) is 0 Å². The topological polar surface area (TPSA) is 1050 Å². The molecular formula is C67H114O64P2. The summed E-state index contributed by atoms with van der Waals surface area (Å²) in [6.45, 7) is -14.1. The second-order valence-corrected chi connectivity index (χ2v) is 34.9. The van der Waals surface area contributed by atoms with Crippen LogP contribution in [0.4, 0.5) is 0 Å². The Kier molecular flexibility index (Phi) is 39.3. The molecule has 0 aromatic rings. The van der Waals surface area contributed by atoms with Crippen molar-refractivity contribution >= 4 is 27.6 Å². The average molecular weight is 2010 g/mol. The molecule has 53 atom stereocenters. The zero-order chi connectivity index (χ0) is 98.9. The molecule has 0 aliphatic carbocycles. The van der Waals surface area contributed by atoms with Gasteiger partial charge in [0.2, 0.25) is 0 Å². The van der Waals surface area contributed by atoms with Crippen LogP contribution >= 0.6 is 15.6 Å². The van der Waals surface area contributed by atoms with Crippen molar-refractivity contribution in [2.75, 3.05) is 66.1 Å². The summed E-state index contributed by atoms with van der Waals surface area (Å²) in [7, 11) is -12.8. The Morgan fingerprint density at radius 1 is 0.308 bits per heavy atom. The summed E-state index contributed by atoms with van der Waals surface area (Å²) in [6.07, 6.45) is -134. The molecular weight excluding hydrogens is 1890 g/mol. The van der Waals surface area contributed by atoms with E-state index in [9.17, 15) is 217 Å². The van der Waals surface area contributed by atoms with Gasteiger partial charge in [-0.1, -0.05) is 0 Å². The Bertz CT molecular complexity index is 3720. The molecule has 0 amide bonds. The van der Waals surface area contributed by atoms with E-state index in [4.69, 9.17) is 99.0 Å². The van der Waals surface area contributed by atoms with Crippen LogP contribution in [0, 0.1) is 0 Å². The summed E-state index contributed by atoms with van der Waals surface area (Å²) < 4.78 is 146. The molecule has 10 aliphatic heterocycles. The van der Waals surface area contributed by atoms with Crippen LogP contribution in [0.5, 0.6) is 0 Å². The molecule has 0 unspecified atom stereocenters. The van der Waals surface area contributed by atoms with Crippen LogP contribution in [-0.2, 0) is 118 Å². The first kappa shape index (κ1) is 112. The van der Waals surface area contributed by atoms with Crippen molar-refractivity contribution < 1.29 is 316 Å². The lowest BCUT2D eigenvalue weighted by Gasteiger charge is -2.52. The van der Waals surface area contributed by atoms with Gasteiger partial charge in [0.1, 0.15) is 250 Å². The number of carboxylic acid groups (broad SMARTS) is 2. The maximum absolute atomic E-state index is 13.4. The zero-order valence-corrected chi connectivity index (χ0v) is 70.3. The lowest BCUT2D eigenvalue weighted by atomic mass is 9.89. The number of aliphatic carboxylic acids is 2. The molecule has 0 radical (unpaired) electrons. The molecule has 776 valence electrons. The summed E-state index contributed by atoms with van der Waals surface area (Å²) in [5.74, 6) is -12.2. The summed E-state index contributed by atoms with van der Waals surface area (Å²) in [4.78, 5) is 68.9. The van der Waals surface area contributed by atoms with Gasteiger partial charge in [0.15, 0.2) is 50.3 Å². The van der Waals surface area contributed by atoms with Crippen molar-refractivity contribution in [2.45, 2.75) is 337 Å². The summed E-state index contributed by atoms with van der Waals surface area (Å²) in [6, 6.07) is 0. The first-order chi connectivity index (χ1) is 62.3. The molecule has 64 nitrogen and oxygen atoms in total. The second-order valence-electron chi connectivity index (χ2n) is 32.5. The minimum Gasteiger partial charge on any atom is -0.477 e. The molecule has 10 heterocycles. The summed E-state index contributed by atoms with van der Waals surface area (Å²) in [5.41, 5.74) is 0. The average Bonchev–Trinajstić information content (AvgIpc) is 0.742. The molecule has 39 N–H and O–H groups in total. The minimum atomic E-state index is -6.45. The highest BCUT2D eigenvalue weighted by atomic mass is 31.2. The Hall–Kier alpha value is -2.92. The molecule has 66 heteroatoms. The van der Waals surface area contributed by atoms with Crippen molar-refractivity contribution in [1.82, 2.24) is 0 Å². The van der Waals surface area contributed by atoms with E-state index in [1.165, 1.54) is 0 Å². The molecule has 0 spiro atoms. The third-order valence-electron chi connectivity index (χ3n) is 23.5. The fourth-order valence-corrected chi connectivity index (χ4v) is 17.5. The predicted octanol–water partition coefficient (Wildman–Crippen LogP) is -24.8. The number of hydrogen-bond acceptors (Lipinski definition) is 58. The number of ether oxygens (including phenoxy) is 19. The highest BCUT2D eigenvalue weighted by Gasteiger charge is 2.66. The monoisotopic (exact) mass is 2000 g/mol. The lowest BCUT2D eigenvalue weighted by Crippen LogP contribution is -2.71. The fraction of sp³-hybridized carbons (Fsp3) is 0.970. The van der Waals surface area contributed by atoms with Crippen LogP contribution in [0.2, 0.25) is 0 Å². The molecule has 10 fully saturated rings. The quantitative estimate of drug-likeness (QED) is 0.0254. The predicted molar refractivity (Wildman–Crippen MR) is 392 cm³/mol. The van der Waals surface area contributed by atoms with Gasteiger partial charge in [-0.05, 0) is 0 Å². The highest BCUT2D eigenvalue weighted by molar-refractivity contribution is 7.46.